The number of nitrogens with one attached hydrogen (secondary N) is 4. The number of hydrogen-bond donors (Lipinski definition) is 4. The predicted molar refractivity (Wildman–Crippen MR) is 497 cm³/mol. The van der Waals surface area contributed by atoms with Crippen molar-refractivity contribution in [1.82, 2.24) is 87.6 Å². The lowest BCUT2D eigenvalue weighted by Crippen LogP contribution is -2.28. The quantitative estimate of drug-likeness (QED) is 0.0389. The number of nitrogens with zero attached hydrogens (tertiary/aromatic N) is 18. The van der Waals surface area contributed by atoms with E-state index < -0.39 is 0 Å². The van der Waals surface area contributed by atoms with Gasteiger partial charge in [0.2, 0.25) is 23.8 Å². The highest BCUT2D eigenvalue weighted by molar-refractivity contribution is 7.11. The molecule has 0 bridgehead atoms. The van der Waals surface area contributed by atoms with E-state index in [1.54, 1.807) is 107 Å². The fourth-order valence-electron chi connectivity index (χ4n) is 16.9. The normalized spacial score (nSPS) is 16.6. The summed E-state index contributed by atoms with van der Waals surface area (Å²) in [6.45, 7) is 6.48. The van der Waals surface area contributed by atoms with Gasteiger partial charge in [0.15, 0.2) is 0 Å². The Labute approximate surface area is 744 Å². The van der Waals surface area contributed by atoms with Crippen molar-refractivity contribution in [1.29, 1.82) is 0 Å². The molecule has 0 saturated heterocycles. The van der Waals surface area contributed by atoms with E-state index in [0.717, 1.165) is 217 Å². The van der Waals surface area contributed by atoms with Crippen molar-refractivity contribution in [3.8, 4) is 90.6 Å². The molecule has 16 aromatic rings. The van der Waals surface area contributed by atoms with Crippen LogP contribution in [0.25, 0.3) is 109 Å². The molecule has 6 aliphatic rings. The first-order valence-corrected chi connectivity index (χ1v) is 46.0. The van der Waals surface area contributed by atoms with Gasteiger partial charge in [-0.2, -0.15) is 0 Å². The van der Waals surface area contributed by atoms with Crippen LogP contribution in [0, 0.1) is 23.3 Å². The van der Waals surface area contributed by atoms with Crippen molar-refractivity contribution in [3.63, 3.8) is 0 Å². The molecule has 2 saturated carbocycles. The topological polar surface area (TPSA) is 240 Å². The van der Waals surface area contributed by atoms with Crippen molar-refractivity contribution in [2.75, 3.05) is 34.4 Å². The number of allylic oxidation sites excluding steroid dienone is 3. The minimum atomic E-state index is -0.262. The molecule has 4 N–H and O–H groups in total. The lowest BCUT2D eigenvalue weighted by molar-refractivity contribution is 0.443. The third-order valence-electron chi connectivity index (χ3n) is 23.3. The average molecular weight is 1750 g/mol. The molecule has 127 heavy (non-hydrogen) atoms. The van der Waals surface area contributed by atoms with Gasteiger partial charge in [-0.25, -0.2) is 82.4 Å². The van der Waals surface area contributed by atoms with Crippen LogP contribution < -0.4 is 21.3 Å². The first-order valence-electron chi connectivity index (χ1n) is 43.4. The average Bonchev–Trinajstić information content (AvgIpc) is 1.61. The summed E-state index contributed by atoms with van der Waals surface area (Å²) in [6.07, 6.45) is 40.5. The van der Waals surface area contributed by atoms with Gasteiger partial charge in [0.1, 0.15) is 46.6 Å². The number of thiophene rings is 3. The van der Waals surface area contributed by atoms with Crippen molar-refractivity contribution in [2.45, 2.75) is 147 Å². The van der Waals surface area contributed by atoms with Crippen LogP contribution in [0.5, 0.6) is 0 Å². The molecular formula is C98H92F4N22S3. The second-order valence-electron chi connectivity index (χ2n) is 32.0. The Kier molecular flexibility index (Phi) is 24.9. The first kappa shape index (κ1) is 83.1. The zero-order valence-electron chi connectivity index (χ0n) is 70.0. The van der Waals surface area contributed by atoms with Gasteiger partial charge in [-0.1, -0.05) is 43.4 Å². The fourth-order valence-corrected chi connectivity index (χ4v) is 18.8. The summed E-state index contributed by atoms with van der Waals surface area (Å²) in [4.78, 5) is 64.6. The van der Waals surface area contributed by atoms with Crippen LogP contribution in [0.1, 0.15) is 140 Å². The molecule has 2 aliphatic carbocycles. The van der Waals surface area contributed by atoms with Gasteiger partial charge < -0.3 is 44.1 Å². The van der Waals surface area contributed by atoms with Gasteiger partial charge in [-0.15, -0.1) is 34.0 Å². The number of fused-ring (bicyclic) bond motifs is 4. The molecule has 4 atom stereocenters. The summed E-state index contributed by atoms with van der Waals surface area (Å²) in [5.41, 5.74) is 14.0. The molecule has 0 radical (unpaired) electrons. The van der Waals surface area contributed by atoms with Gasteiger partial charge in [0.05, 0.1) is 98.8 Å². The van der Waals surface area contributed by atoms with Crippen LogP contribution in [-0.2, 0) is 32.2 Å². The van der Waals surface area contributed by atoms with Crippen molar-refractivity contribution in [3.05, 3.63) is 297 Å². The third kappa shape index (κ3) is 18.9. The van der Waals surface area contributed by atoms with Gasteiger partial charge >= 0.3 is 0 Å². The van der Waals surface area contributed by atoms with Gasteiger partial charge in [-0.05, 0) is 245 Å². The molecule has 22 nitrogen and oxygen atoms in total. The predicted octanol–water partition coefficient (Wildman–Crippen LogP) is 22.5. The second-order valence-corrected chi connectivity index (χ2v) is 34.9. The van der Waals surface area contributed by atoms with E-state index in [1.165, 1.54) is 69.6 Å². The third-order valence-corrected chi connectivity index (χ3v) is 25.8. The standard InChI is InChI=1S/C26H24FN5S.C25H22FN5S.C25H24FN5S.C22H22FN7/c27-18-8-6-17(7-9-18)24-25(22-14-15-28-26(30-22)29-19-3-1-4-19)32-20(11-13-23(32)31-24)10-12-21-5-2-16-33-21;26-17-5-3-16(4-6-17)23-24(21-13-14-27-25(29-21)28-18-7-8-18)31-19(10-12-22(31)30-23)9-11-20-2-1-15-32-20;1-2-14-27-25-28-15-13-21(29-25)24-23(17-5-7-18(26)8-6-17)30-22-12-10-19(31(22)24)9-11-20-4-3-16-32-20;1-2-25-22-26-10-9-18(27-22)21-20(15-3-5-16(23)6-4-15)28-19-8-7-17(30(19)21)13-29-12-11-24-14-29/h2,5-10,12,14-16,19-20H,1,3-4,11,13H2,(H,28,29,30);1-6,9,11,13-15,18-19H,7-8,10,12H2,(H,27,28,29);3-9,11,13,15-16,19H,2,10,12,14H2,1H3,(H,27,28,29);3-6,9-12,14,17H,2,7-8,13H2,1H3,(H,25,26,27)/b12-10+;2*11-9+;. The Hall–Kier alpha value is -13.5. The maximum Gasteiger partial charge on any atom is 0.223 e. The Morgan fingerprint density at radius 1 is 0.378 bits per heavy atom. The number of hydrogen-bond acceptors (Lipinski definition) is 20. The SMILES string of the molecule is CCCNc1nccc(-c2c(-c3ccc(F)cc3)nc3n2C(/C=C/c2cccs2)CC3)n1.CCNc1nccc(-c2c(-c3ccc(F)cc3)nc3n2C(Cn2ccnc2)CC3)n1.Fc1ccc(-c2nc3n(c2-c2ccnc(NC4CC4)n2)C(/C=C/c2cccs2)CC3)cc1.Fc1ccc(-c2nc3n(c2-c2ccnc(NC4CCC4)n2)C(/C=C/c2cccs2)CC3)cc1. The highest BCUT2D eigenvalue weighted by Gasteiger charge is 2.36. The minimum absolute atomic E-state index is 0.186. The van der Waals surface area contributed by atoms with Crippen LogP contribution in [0.2, 0.25) is 0 Å². The number of aryl methyl sites for hydroxylation is 4. The largest absolute Gasteiger partial charge is 0.354 e. The molecule has 4 aliphatic heterocycles. The van der Waals surface area contributed by atoms with Crippen LogP contribution in [0.3, 0.4) is 0 Å². The van der Waals surface area contributed by atoms with Crippen LogP contribution in [-0.4, -0.2) is 113 Å². The lowest BCUT2D eigenvalue weighted by atomic mass is 9.93. The number of halogens is 4. The number of anilines is 4. The van der Waals surface area contributed by atoms with E-state index >= 15 is 0 Å². The lowest BCUT2D eigenvalue weighted by Gasteiger charge is -2.26. The summed E-state index contributed by atoms with van der Waals surface area (Å²) in [5, 5.41) is 19.6. The number of rotatable bonds is 25. The molecule has 16 heterocycles. The molecule has 2 fully saturated rings. The smallest absolute Gasteiger partial charge is 0.223 e. The highest BCUT2D eigenvalue weighted by Crippen LogP contribution is 2.46. The van der Waals surface area contributed by atoms with Crippen molar-refractivity contribution in [2.24, 2.45) is 0 Å². The molecule has 640 valence electrons. The highest BCUT2D eigenvalue weighted by atomic mass is 32.1. The maximum absolute atomic E-state index is 13.6. The monoisotopic (exact) mass is 1750 g/mol. The van der Waals surface area contributed by atoms with Crippen molar-refractivity contribution >= 4 is 76.0 Å². The Bertz CT molecular complexity index is 6510. The van der Waals surface area contributed by atoms with E-state index in [4.69, 9.17) is 39.9 Å². The summed E-state index contributed by atoms with van der Waals surface area (Å²) in [7, 11) is 0. The molecule has 0 spiro atoms. The van der Waals surface area contributed by atoms with Gasteiger partial charge in [-0.3, -0.25) is 0 Å². The van der Waals surface area contributed by atoms with E-state index in [0.29, 0.717) is 35.9 Å². The maximum atomic E-state index is 13.6. The van der Waals surface area contributed by atoms with E-state index in [9.17, 15) is 17.6 Å². The fraction of sp³-hybridized carbons (Fsp3) is 0.255. The zero-order chi connectivity index (χ0) is 86.1. The Morgan fingerprint density at radius 3 is 1.07 bits per heavy atom. The molecule has 12 aromatic heterocycles. The number of imidazole rings is 5. The second kappa shape index (κ2) is 38.1. The van der Waals surface area contributed by atoms with Crippen LogP contribution in [0.15, 0.2) is 236 Å². The van der Waals surface area contributed by atoms with Crippen LogP contribution in [0.4, 0.5) is 41.4 Å². The van der Waals surface area contributed by atoms with Crippen LogP contribution >= 0.6 is 34.0 Å². The number of benzene rings is 4. The molecule has 0 amide bonds. The van der Waals surface area contributed by atoms with Crippen molar-refractivity contribution < 1.29 is 17.6 Å². The molecule has 4 unspecified atom stereocenters. The zero-order valence-corrected chi connectivity index (χ0v) is 72.5. The Morgan fingerprint density at radius 2 is 0.732 bits per heavy atom. The molecule has 29 heteroatoms. The Balaban J connectivity index is 0.000000110. The summed E-state index contributed by atoms with van der Waals surface area (Å²) in [6, 6.07) is 48.1. The van der Waals surface area contributed by atoms with Gasteiger partial charge in [0.25, 0.3) is 0 Å². The molecule has 4 aromatic carbocycles. The summed E-state index contributed by atoms with van der Waals surface area (Å²) in [5.74, 6) is 5.60. The summed E-state index contributed by atoms with van der Waals surface area (Å²) >= 11 is 5.18. The van der Waals surface area contributed by atoms with E-state index in [-0.39, 0.29) is 47.4 Å². The molecule has 22 rings (SSSR count). The van der Waals surface area contributed by atoms with Gasteiger partial charge in [0, 0.05) is 131 Å². The minimum Gasteiger partial charge on any atom is -0.354 e. The summed E-state index contributed by atoms with van der Waals surface area (Å²) < 4.78 is 65.6. The van der Waals surface area contributed by atoms with E-state index in [2.05, 4.69) is 165 Å². The first-order chi connectivity index (χ1) is 62.4. The molecular weight excluding hydrogens is 1660 g/mol. The van der Waals surface area contributed by atoms with E-state index in [1.807, 2.05) is 49.9 Å². The number of aromatic nitrogens is 18.